The summed E-state index contributed by atoms with van der Waals surface area (Å²) in [6.45, 7) is 3.84. The molecule has 1 atom stereocenters. The minimum Gasteiger partial charge on any atom is -0.311 e. The summed E-state index contributed by atoms with van der Waals surface area (Å²) in [5.41, 5.74) is 1.62. The van der Waals surface area contributed by atoms with Crippen LogP contribution in [0.3, 0.4) is 0 Å². The molecule has 0 aliphatic carbocycles. The van der Waals surface area contributed by atoms with E-state index >= 15 is 0 Å². The predicted molar refractivity (Wildman–Crippen MR) is 88.5 cm³/mol. The highest BCUT2D eigenvalue weighted by Crippen LogP contribution is 2.28. The normalized spacial score (nSPS) is 17.7. The molecular weight excluding hydrogens is 392 g/mol. The Morgan fingerprint density at radius 2 is 2.00 bits per heavy atom. The lowest BCUT2D eigenvalue weighted by Gasteiger charge is -2.31. The van der Waals surface area contributed by atoms with Crippen molar-refractivity contribution in [3.05, 3.63) is 27.3 Å². The van der Waals surface area contributed by atoms with E-state index in [0.29, 0.717) is 3.57 Å². The zero-order valence-corrected chi connectivity index (χ0v) is 14.2. The van der Waals surface area contributed by atoms with Crippen LogP contribution in [0.5, 0.6) is 0 Å². The molecule has 3 rings (SSSR count). The summed E-state index contributed by atoms with van der Waals surface area (Å²) >= 11 is 8.27. The van der Waals surface area contributed by atoms with Crippen LogP contribution < -0.4 is 5.01 Å². The molecule has 1 aliphatic heterocycles. The van der Waals surface area contributed by atoms with E-state index < -0.39 is 0 Å². The molecule has 2 aromatic rings. The molecule has 0 saturated carbocycles. The van der Waals surface area contributed by atoms with E-state index in [2.05, 4.69) is 9.99 Å². The summed E-state index contributed by atoms with van der Waals surface area (Å²) in [6.07, 6.45) is 3.56. The minimum atomic E-state index is -0.204. The first kappa shape index (κ1) is 14.4. The van der Waals surface area contributed by atoms with Gasteiger partial charge in [0.15, 0.2) is 0 Å². The van der Waals surface area contributed by atoms with Crippen LogP contribution in [0.2, 0.25) is 0 Å². The van der Waals surface area contributed by atoms with Gasteiger partial charge in [-0.3, -0.25) is 0 Å². The van der Waals surface area contributed by atoms with Crippen molar-refractivity contribution in [3.8, 4) is 0 Å². The van der Waals surface area contributed by atoms with Crippen molar-refractivity contribution >= 4 is 45.2 Å². The number of nitrogens with zero attached hydrogens (tertiary/aromatic N) is 3. The molecule has 1 aromatic carbocycles. The Labute approximate surface area is 136 Å². The number of halogens is 3. The van der Waals surface area contributed by atoms with Gasteiger partial charge < -0.3 is 5.01 Å². The number of alkyl halides is 1. The van der Waals surface area contributed by atoms with E-state index in [4.69, 9.17) is 11.6 Å². The summed E-state index contributed by atoms with van der Waals surface area (Å²) in [7, 11) is 0. The topological polar surface area (TPSA) is 21.1 Å². The molecule has 1 fully saturated rings. The first-order valence-corrected chi connectivity index (χ1v) is 8.36. The standard InChI is InChI=1S/C14H16ClFIN3/c1-9(15)14-18-12-8-11(17)10(16)7-13(12)20(14)19-5-3-2-4-6-19/h7-9H,2-6H2,1H3. The Bertz CT molecular complexity index is 635. The highest BCUT2D eigenvalue weighted by molar-refractivity contribution is 14.1. The maximum Gasteiger partial charge on any atom is 0.146 e. The van der Waals surface area contributed by atoms with Crippen molar-refractivity contribution in [2.24, 2.45) is 0 Å². The fourth-order valence-electron chi connectivity index (χ4n) is 2.71. The fraction of sp³-hybridized carbons (Fsp3) is 0.500. The molecule has 1 aliphatic rings. The van der Waals surface area contributed by atoms with Crippen LogP contribution in [-0.2, 0) is 0 Å². The average molecular weight is 408 g/mol. The van der Waals surface area contributed by atoms with Crippen molar-refractivity contribution in [3.63, 3.8) is 0 Å². The van der Waals surface area contributed by atoms with Crippen molar-refractivity contribution in [1.82, 2.24) is 9.66 Å². The second-order valence-corrected chi connectivity index (χ2v) is 6.98. The van der Waals surface area contributed by atoms with Gasteiger partial charge in [0.25, 0.3) is 0 Å². The number of hydrogen-bond donors (Lipinski definition) is 0. The van der Waals surface area contributed by atoms with E-state index in [-0.39, 0.29) is 11.2 Å². The highest BCUT2D eigenvalue weighted by atomic mass is 127. The molecule has 0 spiro atoms. The van der Waals surface area contributed by atoms with E-state index in [9.17, 15) is 4.39 Å². The number of rotatable bonds is 2. The zero-order chi connectivity index (χ0) is 14.3. The second-order valence-electron chi connectivity index (χ2n) is 5.17. The van der Waals surface area contributed by atoms with Crippen LogP contribution in [0.4, 0.5) is 4.39 Å². The molecule has 1 aromatic heterocycles. The van der Waals surface area contributed by atoms with Crippen LogP contribution in [-0.4, -0.2) is 22.7 Å². The first-order valence-electron chi connectivity index (χ1n) is 6.84. The molecule has 0 N–H and O–H groups in total. The van der Waals surface area contributed by atoms with Crippen LogP contribution in [0.25, 0.3) is 11.0 Å². The van der Waals surface area contributed by atoms with E-state index in [1.165, 1.54) is 6.42 Å². The quantitative estimate of drug-likeness (QED) is 0.549. The molecule has 1 unspecified atom stereocenters. The summed E-state index contributed by atoms with van der Waals surface area (Å²) < 4.78 is 16.5. The fourth-order valence-corrected chi connectivity index (χ4v) is 3.30. The van der Waals surface area contributed by atoms with Gasteiger partial charge in [0, 0.05) is 19.2 Å². The smallest absolute Gasteiger partial charge is 0.146 e. The third-order valence-corrected chi connectivity index (χ3v) is 4.69. The number of fused-ring (bicyclic) bond motifs is 1. The van der Waals surface area contributed by atoms with Crippen molar-refractivity contribution < 1.29 is 4.39 Å². The van der Waals surface area contributed by atoms with Crippen molar-refractivity contribution in [2.45, 2.75) is 31.6 Å². The van der Waals surface area contributed by atoms with Crippen molar-refractivity contribution in [2.75, 3.05) is 18.1 Å². The number of aromatic nitrogens is 2. The summed E-state index contributed by atoms with van der Waals surface area (Å²) in [4.78, 5) is 4.61. The molecule has 2 heterocycles. The zero-order valence-electron chi connectivity index (χ0n) is 11.2. The van der Waals surface area contributed by atoms with E-state index in [1.807, 2.05) is 34.2 Å². The van der Waals surface area contributed by atoms with Gasteiger partial charge in [-0.1, -0.05) is 0 Å². The lowest BCUT2D eigenvalue weighted by atomic mass is 10.2. The minimum absolute atomic E-state index is 0.204. The van der Waals surface area contributed by atoms with Gasteiger partial charge in [-0.25, -0.2) is 14.1 Å². The molecule has 3 nitrogen and oxygen atoms in total. The van der Waals surface area contributed by atoms with Gasteiger partial charge in [0.2, 0.25) is 0 Å². The largest absolute Gasteiger partial charge is 0.311 e. The van der Waals surface area contributed by atoms with Gasteiger partial charge in [0.1, 0.15) is 11.6 Å². The Hall–Kier alpha value is -0.560. The van der Waals surface area contributed by atoms with Gasteiger partial charge in [0.05, 0.1) is 20.0 Å². The molecule has 108 valence electrons. The third kappa shape index (κ3) is 2.50. The Morgan fingerprint density at radius 3 is 2.65 bits per heavy atom. The summed E-state index contributed by atoms with van der Waals surface area (Å²) in [5.74, 6) is 0.593. The molecule has 0 bridgehead atoms. The van der Waals surface area contributed by atoms with Crippen LogP contribution in [0.15, 0.2) is 12.1 Å². The lowest BCUT2D eigenvalue weighted by Crippen LogP contribution is -2.40. The Morgan fingerprint density at radius 1 is 1.30 bits per heavy atom. The monoisotopic (exact) mass is 407 g/mol. The maximum atomic E-state index is 13.9. The summed E-state index contributed by atoms with van der Waals surface area (Å²) in [6, 6.07) is 3.36. The predicted octanol–water partition coefficient (Wildman–Crippen LogP) is 4.20. The van der Waals surface area contributed by atoms with E-state index in [0.717, 1.165) is 42.8 Å². The van der Waals surface area contributed by atoms with Gasteiger partial charge in [-0.15, -0.1) is 11.6 Å². The number of benzene rings is 1. The molecule has 0 radical (unpaired) electrons. The summed E-state index contributed by atoms with van der Waals surface area (Å²) in [5, 5.41) is 2.03. The SMILES string of the molecule is CC(Cl)c1nc2cc(I)c(F)cc2n1N1CCCCC1. The lowest BCUT2D eigenvalue weighted by molar-refractivity contribution is 0.474. The van der Waals surface area contributed by atoms with Crippen LogP contribution in [0, 0.1) is 9.39 Å². The Kier molecular flexibility index (Phi) is 4.08. The number of piperidine rings is 1. The molecular formula is C14H16ClFIN3. The van der Waals surface area contributed by atoms with Gasteiger partial charge in [-0.2, -0.15) is 0 Å². The number of hydrogen-bond acceptors (Lipinski definition) is 2. The van der Waals surface area contributed by atoms with Gasteiger partial charge in [-0.05, 0) is 54.8 Å². The second kappa shape index (κ2) is 5.67. The Balaban J connectivity index is 2.20. The maximum absolute atomic E-state index is 13.9. The molecule has 1 saturated heterocycles. The average Bonchev–Trinajstić information content (AvgIpc) is 2.79. The van der Waals surface area contributed by atoms with Gasteiger partial charge >= 0.3 is 0 Å². The van der Waals surface area contributed by atoms with Crippen molar-refractivity contribution in [1.29, 1.82) is 0 Å². The molecule has 0 amide bonds. The highest BCUT2D eigenvalue weighted by Gasteiger charge is 2.22. The molecule has 20 heavy (non-hydrogen) atoms. The van der Waals surface area contributed by atoms with Crippen LogP contribution >= 0.6 is 34.2 Å². The van der Waals surface area contributed by atoms with Crippen LogP contribution in [0.1, 0.15) is 37.4 Å². The third-order valence-electron chi connectivity index (χ3n) is 3.67. The first-order chi connectivity index (χ1) is 9.58. The van der Waals surface area contributed by atoms with E-state index in [1.54, 1.807) is 12.1 Å². The number of imidazole rings is 1. The molecule has 6 heteroatoms.